The van der Waals surface area contributed by atoms with Gasteiger partial charge in [0.05, 0.1) is 13.0 Å². The Morgan fingerprint density at radius 1 is 1.23 bits per heavy atom. The second-order valence-corrected chi connectivity index (χ2v) is 2.52. The molecular formula is C12H16O. The lowest BCUT2D eigenvalue weighted by molar-refractivity contribution is 0.305. The Labute approximate surface area is 80.9 Å². The zero-order valence-electron chi connectivity index (χ0n) is 8.14. The van der Waals surface area contributed by atoms with Gasteiger partial charge in [0, 0.05) is 6.42 Å². The van der Waals surface area contributed by atoms with E-state index in [9.17, 15) is 0 Å². The van der Waals surface area contributed by atoms with Gasteiger partial charge < -0.3 is 5.11 Å². The van der Waals surface area contributed by atoms with Crippen molar-refractivity contribution in [3.05, 3.63) is 12.2 Å². The average molecular weight is 176 g/mol. The van der Waals surface area contributed by atoms with E-state index in [0.717, 1.165) is 12.8 Å². The fourth-order valence-corrected chi connectivity index (χ4v) is 0.670. The summed E-state index contributed by atoms with van der Waals surface area (Å²) in [6, 6.07) is 0. The molecule has 13 heavy (non-hydrogen) atoms. The molecule has 0 heterocycles. The normalized spacial score (nSPS) is 8.77. The maximum absolute atomic E-state index is 8.42. The molecule has 1 nitrogen and oxygen atoms in total. The van der Waals surface area contributed by atoms with Crippen LogP contribution in [0.25, 0.3) is 0 Å². The predicted octanol–water partition coefficient (Wildman–Crippen LogP) is 2.12. The summed E-state index contributed by atoms with van der Waals surface area (Å²) in [5.41, 5.74) is 0. The largest absolute Gasteiger partial charge is 0.395 e. The highest BCUT2D eigenvalue weighted by atomic mass is 16.2. The molecule has 0 rings (SSSR count). The standard InChI is InChI=1S/C12H16O/c1-2-3-4-5-6-7-8-9-10-11-12-13/h4-5,13H,2-3,8,11-12H2,1H3/b5-4+. The average Bonchev–Trinajstić information content (AvgIpc) is 2.16. The third kappa shape index (κ3) is 10.8. The molecule has 0 aliphatic carbocycles. The van der Waals surface area contributed by atoms with Gasteiger partial charge >= 0.3 is 0 Å². The lowest BCUT2D eigenvalue weighted by Crippen LogP contribution is -1.75. The summed E-state index contributed by atoms with van der Waals surface area (Å²) in [6.07, 6.45) is 7.33. The van der Waals surface area contributed by atoms with Gasteiger partial charge in [-0.2, -0.15) is 0 Å². The summed E-state index contributed by atoms with van der Waals surface area (Å²) in [4.78, 5) is 0. The van der Waals surface area contributed by atoms with Crippen molar-refractivity contribution in [2.45, 2.75) is 32.6 Å². The first-order valence-electron chi connectivity index (χ1n) is 4.61. The van der Waals surface area contributed by atoms with E-state index in [2.05, 4.69) is 36.7 Å². The molecule has 0 bridgehead atoms. The predicted molar refractivity (Wildman–Crippen MR) is 55.9 cm³/mol. The van der Waals surface area contributed by atoms with E-state index < -0.39 is 0 Å². The molecule has 0 aliphatic rings. The third-order valence-electron chi connectivity index (χ3n) is 1.30. The second kappa shape index (κ2) is 10.8. The monoisotopic (exact) mass is 176 g/mol. The Bertz CT molecular complexity index is 242. The van der Waals surface area contributed by atoms with Crippen molar-refractivity contribution in [3.63, 3.8) is 0 Å². The lowest BCUT2D eigenvalue weighted by Gasteiger charge is -1.78. The summed E-state index contributed by atoms with van der Waals surface area (Å²) in [6.45, 7) is 2.27. The van der Waals surface area contributed by atoms with Gasteiger partial charge in [0.1, 0.15) is 0 Å². The molecule has 0 unspecified atom stereocenters. The summed E-state index contributed by atoms with van der Waals surface area (Å²) in [5, 5.41) is 8.42. The van der Waals surface area contributed by atoms with Gasteiger partial charge in [0.15, 0.2) is 0 Å². The van der Waals surface area contributed by atoms with Crippen molar-refractivity contribution in [3.8, 4) is 23.7 Å². The smallest absolute Gasteiger partial charge is 0.0706 e. The van der Waals surface area contributed by atoms with Gasteiger partial charge in [-0.25, -0.2) is 0 Å². The Morgan fingerprint density at radius 2 is 2.08 bits per heavy atom. The van der Waals surface area contributed by atoms with Crippen molar-refractivity contribution >= 4 is 0 Å². The molecule has 0 aromatic rings. The van der Waals surface area contributed by atoms with Crippen LogP contribution in [0.3, 0.4) is 0 Å². The molecule has 0 atom stereocenters. The van der Waals surface area contributed by atoms with Crippen LogP contribution in [0, 0.1) is 23.7 Å². The van der Waals surface area contributed by atoms with Crippen LogP contribution in [0.4, 0.5) is 0 Å². The fraction of sp³-hybridized carbons (Fsp3) is 0.500. The fourth-order valence-electron chi connectivity index (χ4n) is 0.670. The van der Waals surface area contributed by atoms with Gasteiger partial charge in [0.2, 0.25) is 0 Å². The van der Waals surface area contributed by atoms with Gasteiger partial charge in [-0.1, -0.05) is 43.1 Å². The molecule has 0 saturated heterocycles. The van der Waals surface area contributed by atoms with Crippen molar-refractivity contribution in [1.29, 1.82) is 0 Å². The Morgan fingerprint density at radius 3 is 2.77 bits per heavy atom. The topological polar surface area (TPSA) is 20.2 Å². The third-order valence-corrected chi connectivity index (χ3v) is 1.30. The van der Waals surface area contributed by atoms with Crippen molar-refractivity contribution in [1.82, 2.24) is 0 Å². The van der Waals surface area contributed by atoms with Crippen LogP contribution in [0.1, 0.15) is 32.6 Å². The Balaban J connectivity index is 3.46. The molecular weight excluding hydrogens is 160 g/mol. The van der Waals surface area contributed by atoms with E-state index >= 15 is 0 Å². The summed E-state index contributed by atoms with van der Waals surface area (Å²) >= 11 is 0. The van der Waals surface area contributed by atoms with Crippen LogP contribution >= 0.6 is 0 Å². The first kappa shape index (κ1) is 11.8. The van der Waals surface area contributed by atoms with E-state index in [4.69, 9.17) is 5.11 Å². The minimum atomic E-state index is 0.136. The van der Waals surface area contributed by atoms with Crippen molar-refractivity contribution < 1.29 is 5.11 Å². The highest BCUT2D eigenvalue weighted by Crippen LogP contribution is 1.86. The Hall–Kier alpha value is -1.18. The van der Waals surface area contributed by atoms with Crippen LogP contribution in [0.5, 0.6) is 0 Å². The molecule has 0 aromatic heterocycles. The number of unbranched alkanes of at least 4 members (excludes halogenated alkanes) is 1. The number of aliphatic hydroxyl groups excluding tert-OH is 1. The minimum absolute atomic E-state index is 0.136. The summed E-state index contributed by atoms with van der Waals surface area (Å²) < 4.78 is 0. The maximum Gasteiger partial charge on any atom is 0.0706 e. The second-order valence-electron chi connectivity index (χ2n) is 2.52. The first-order chi connectivity index (χ1) is 6.41. The maximum atomic E-state index is 8.42. The van der Waals surface area contributed by atoms with Gasteiger partial charge in [-0.3, -0.25) is 0 Å². The lowest BCUT2D eigenvalue weighted by atomic mass is 10.3. The molecule has 0 aliphatic heterocycles. The molecule has 1 heteroatoms. The Kier molecular flexibility index (Phi) is 9.84. The summed E-state index contributed by atoms with van der Waals surface area (Å²) in [7, 11) is 0. The van der Waals surface area contributed by atoms with E-state index in [0.29, 0.717) is 12.8 Å². The molecule has 0 aromatic carbocycles. The molecule has 0 saturated carbocycles. The molecule has 0 fully saturated rings. The van der Waals surface area contributed by atoms with Crippen molar-refractivity contribution in [2.75, 3.05) is 6.61 Å². The van der Waals surface area contributed by atoms with Crippen LogP contribution in [0.15, 0.2) is 12.2 Å². The number of hydrogen-bond acceptors (Lipinski definition) is 1. The quantitative estimate of drug-likeness (QED) is 0.653. The van der Waals surface area contributed by atoms with Crippen LogP contribution in [0.2, 0.25) is 0 Å². The zero-order chi connectivity index (χ0) is 9.78. The number of rotatable bonds is 3. The number of allylic oxidation sites excluding steroid dienone is 2. The zero-order valence-corrected chi connectivity index (χ0v) is 8.14. The summed E-state index contributed by atoms with van der Waals surface area (Å²) in [5.74, 6) is 11.5. The first-order valence-corrected chi connectivity index (χ1v) is 4.61. The van der Waals surface area contributed by atoms with Gasteiger partial charge in [0.25, 0.3) is 0 Å². The number of aliphatic hydroxyl groups is 1. The van der Waals surface area contributed by atoms with Gasteiger partial charge in [-0.15, -0.1) is 0 Å². The van der Waals surface area contributed by atoms with Gasteiger partial charge in [-0.05, 0) is 12.5 Å². The molecule has 1 N–H and O–H groups in total. The van der Waals surface area contributed by atoms with E-state index in [1.165, 1.54) is 0 Å². The van der Waals surface area contributed by atoms with E-state index in [-0.39, 0.29) is 6.61 Å². The van der Waals surface area contributed by atoms with Crippen LogP contribution in [-0.4, -0.2) is 11.7 Å². The number of hydrogen-bond donors (Lipinski definition) is 1. The highest BCUT2D eigenvalue weighted by Gasteiger charge is 1.70. The minimum Gasteiger partial charge on any atom is -0.395 e. The SMILES string of the molecule is CCC/C=C/C#CCC#CCCO. The molecule has 0 spiro atoms. The molecule has 0 radical (unpaired) electrons. The van der Waals surface area contributed by atoms with E-state index in [1.807, 2.05) is 6.08 Å². The molecule has 70 valence electrons. The van der Waals surface area contributed by atoms with E-state index in [1.54, 1.807) is 0 Å². The highest BCUT2D eigenvalue weighted by molar-refractivity contribution is 5.19. The molecule has 0 amide bonds. The van der Waals surface area contributed by atoms with Crippen molar-refractivity contribution in [2.24, 2.45) is 0 Å². The van der Waals surface area contributed by atoms with Crippen LogP contribution in [-0.2, 0) is 0 Å². The van der Waals surface area contributed by atoms with Crippen LogP contribution < -0.4 is 0 Å².